The average molecular weight is 281 g/mol. The van der Waals surface area contributed by atoms with Gasteiger partial charge in [-0.2, -0.15) is 0 Å². The number of nitrogens with zero attached hydrogens (tertiary/aromatic N) is 3. The molecule has 2 saturated heterocycles. The summed E-state index contributed by atoms with van der Waals surface area (Å²) >= 11 is 0. The fraction of sp³-hybridized carbons (Fsp3) is 0.938. The van der Waals surface area contributed by atoms with Gasteiger partial charge in [0, 0.05) is 57.3 Å². The lowest BCUT2D eigenvalue weighted by Gasteiger charge is -2.53. The van der Waals surface area contributed by atoms with Crippen LogP contribution in [0.2, 0.25) is 0 Å². The van der Waals surface area contributed by atoms with Gasteiger partial charge in [-0.15, -0.1) is 0 Å². The van der Waals surface area contributed by atoms with Crippen LogP contribution >= 0.6 is 0 Å². The van der Waals surface area contributed by atoms with Crippen LogP contribution in [0.15, 0.2) is 0 Å². The summed E-state index contributed by atoms with van der Waals surface area (Å²) in [7, 11) is 0. The largest absolute Gasteiger partial charge is 0.340 e. The Morgan fingerprint density at radius 3 is 2.10 bits per heavy atom. The molecule has 0 aromatic heterocycles. The molecule has 4 heteroatoms. The second-order valence-corrected chi connectivity index (χ2v) is 7.74. The standard InChI is InChI=1S/C16H31N3O/c1-13(2)10-15(20)18-8-6-17(7-9-18)14-11-19(12-14)16(3,4)5/h13-14H,6-12H2,1-5H3. The molecule has 0 unspecified atom stereocenters. The Morgan fingerprint density at radius 2 is 1.65 bits per heavy atom. The van der Waals surface area contributed by atoms with Crippen molar-refractivity contribution in [1.29, 1.82) is 0 Å². The highest BCUT2D eigenvalue weighted by atomic mass is 16.2. The van der Waals surface area contributed by atoms with Crippen LogP contribution in [-0.2, 0) is 4.79 Å². The number of carbonyl (C=O) groups excluding carboxylic acids is 1. The topological polar surface area (TPSA) is 26.8 Å². The fourth-order valence-corrected chi connectivity index (χ4v) is 3.05. The normalized spacial score (nSPS) is 23.2. The van der Waals surface area contributed by atoms with Crippen molar-refractivity contribution in [2.45, 2.75) is 52.6 Å². The quantitative estimate of drug-likeness (QED) is 0.787. The first-order valence-corrected chi connectivity index (χ1v) is 8.04. The zero-order valence-corrected chi connectivity index (χ0v) is 13.9. The molecule has 2 rings (SSSR count). The third-order valence-electron chi connectivity index (χ3n) is 4.58. The Kier molecular flexibility index (Phi) is 4.75. The van der Waals surface area contributed by atoms with E-state index in [9.17, 15) is 4.79 Å². The summed E-state index contributed by atoms with van der Waals surface area (Å²) in [6, 6.07) is 0.705. The summed E-state index contributed by atoms with van der Waals surface area (Å²) in [5.74, 6) is 0.803. The zero-order valence-electron chi connectivity index (χ0n) is 13.9. The predicted molar refractivity (Wildman–Crippen MR) is 82.7 cm³/mol. The van der Waals surface area contributed by atoms with Gasteiger partial charge in [-0.05, 0) is 26.7 Å². The van der Waals surface area contributed by atoms with Crippen molar-refractivity contribution in [3.63, 3.8) is 0 Å². The van der Waals surface area contributed by atoms with Crippen LogP contribution in [0.3, 0.4) is 0 Å². The molecule has 20 heavy (non-hydrogen) atoms. The van der Waals surface area contributed by atoms with Crippen molar-refractivity contribution >= 4 is 5.91 Å². The summed E-state index contributed by atoms with van der Waals surface area (Å²) in [5, 5.41) is 0. The first-order valence-electron chi connectivity index (χ1n) is 8.04. The summed E-state index contributed by atoms with van der Waals surface area (Å²) < 4.78 is 0. The van der Waals surface area contributed by atoms with Gasteiger partial charge >= 0.3 is 0 Å². The van der Waals surface area contributed by atoms with Crippen LogP contribution in [0.4, 0.5) is 0 Å². The molecule has 4 nitrogen and oxygen atoms in total. The van der Waals surface area contributed by atoms with Crippen molar-refractivity contribution in [2.75, 3.05) is 39.3 Å². The van der Waals surface area contributed by atoms with Gasteiger partial charge in [0.15, 0.2) is 0 Å². The maximum Gasteiger partial charge on any atom is 0.222 e. The lowest BCUT2D eigenvalue weighted by atomic mass is 9.96. The lowest BCUT2D eigenvalue weighted by Crippen LogP contribution is -2.67. The Hall–Kier alpha value is -0.610. The predicted octanol–water partition coefficient (Wildman–Crippen LogP) is 1.66. The van der Waals surface area contributed by atoms with Gasteiger partial charge in [-0.1, -0.05) is 13.8 Å². The monoisotopic (exact) mass is 281 g/mol. The third kappa shape index (κ3) is 3.73. The van der Waals surface area contributed by atoms with Crippen LogP contribution in [0.1, 0.15) is 41.0 Å². The molecule has 0 spiro atoms. The van der Waals surface area contributed by atoms with E-state index in [2.05, 4.69) is 49.3 Å². The Labute approximate surface area is 124 Å². The van der Waals surface area contributed by atoms with Gasteiger partial charge in [0.25, 0.3) is 0 Å². The van der Waals surface area contributed by atoms with Crippen LogP contribution in [0.5, 0.6) is 0 Å². The highest BCUT2D eigenvalue weighted by Gasteiger charge is 2.38. The molecule has 0 aromatic carbocycles. The van der Waals surface area contributed by atoms with E-state index in [1.165, 1.54) is 13.1 Å². The number of hydrogen-bond donors (Lipinski definition) is 0. The van der Waals surface area contributed by atoms with Crippen molar-refractivity contribution in [3.8, 4) is 0 Å². The fourth-order valence-electron chi connectivity index (χ4n) is 3.05. The number of amides is 1. The third-order valence-corrected chi connectivity index (χ3v) is 4.58. The maximum atomic E-state index is 12.1. The van der Waals surface area contributed by atoms with Crippen LogP contribution in [0.25, 0.3) is 0 Å². The van der Waals surface area contributed by atoms with Crippen LogP contribution in [0, 0.1) is 5.92 Å². The molecule has 2 aliphatic rings. The number of rotatable bonds is 3. The van der Waals surface area contributed by atoms with E-state index < -0.39 is 0 Å². The molecule has 1 amide bonds. The van der Waals surface area contributed by atoms with Crippen molar-refractivity contribution in [1.82, 2.24) is 14.7 Å². The Bertz CT molecular complexity index is 334. The van der Waals surface area contributed by atoms with Gasteiger partial charge in [-0.25, -0.2) is 0 Å². The molecule has 0 aromatic rings. The Balaban J connectivity index is 1.72. The number of carbonyl (C=O) groups is 1. The number of likely N-dealkylation sites (tertiary alicyclic amines) is 1. The first-order chi connectivity index (χ1) is 9.27. The van der Waals surface area contributed by atoms with E-state index in [-0.39, 0.29) is 0 Å². The molecule has 0 bridgehead atoms. The summed E-state index contributed by atoms with van der Waals surface area (Å²) in [6.07, 6.45) is 0.696. The van der Waals surface area contributed by atoms with E-state index in [0.29, 0.717) is 29.8 Å². The van der Waals surface area contributed by atoms with E-state index in [4.69, 9.17) is 0 Å². The van der Waals surface area contributed by atoms with Gasteiger partial charge in [-0.3, -0.25) is 14.6 Å². The summed E-state index contributed by atoms with van der Waals surface area (Å²) in [6.45, 7) is 17.4. The van der Waals surface area contributed by atoms with E-state index in [1.54, 1.807) is 0 Å². The smallest absolute Gasteiger partial charge is 0.222 e. The molecule has 2 fully saturated rings. The molecule has 116 valence electrons. The molecule has 0 atom stereocenters. The van der Waals surface area contributed by atoms with Gasteiger partial charge in [0.2, 0.25) is 5.91 Å². The minimum absolute atomic E-state index is 0.297. The van der Waals surface area contributed by atoms with E-state index in [0.717, 1.165) is 26.2 Å². The second kappa shape index (κ2) is 6.02. The molecular formula is C16H31N3O. The van der Waals surface area contributed by atoms with E-state index in [1.807, 2.05) is 0 Å². The summed E-state index contributed by atoms with van der Waals surface area (Å²) in [5.41, 5.74) is 0.297. The van der Waals surface area contributed by atoms with Gasteiger partial charge in [0.05, 0.1) is 0 Å². The number of hydrogen-bond acceptors (Lipinski definition) is 3. The minimum atomic E-state index is 0.297. The van der Waals surface area contributed by atoms with Gasteiger partial charge in [0.1, 0.15) is 0 Å². The first kappa shape index (κ1) is 15.8. The maximum absolute atomic E-state index is 12.1. The van der Waals surface area contributed by atoms with Crippen LogP contribution < -0.4 is 0 Å². The van der Waals surface area contributed by atoms with Crippen molar-refractivity contribution < 1.29 is 4.79 Å². The molecule has 0 aliphatic carbocycles. The molecule has 2 aliphatic heterocycles. The molecule has 0 N–H and O–H groups in total. The molecule has 0 radical (unpaired) electrons. The minimum Gasteiger partial charge on any atom is -0.340 e. The van der Waals surface area contributed by atoms with Crippen molar-refractivity contribution in [3.05, 3.63) is 0 Å². The Morgan fingerprint density at radius 1 is 1.10 bits per heavy atom. The molecular weight excluding hydrogens is 250 g/mol. The molecule has 0 saturated carbocycles. The zero-order chi connectivity index (χ0) is 14.9. The SMILES string of the molecule is CC(C)CC(=O)N1CCN(C2CN(C(C)(C)C)C2)CC1. The van der Waals surface area contributed by atoms with Gasteiger partial charge < -0.3 is 4.90 Å². The van der Waals surface area contributed by atoms with Crippen molar-refractivity contribution in [2.24, 2.45) is 5.92 Å². The van der Waals surface area contributed by atoms with Crippen LogP contribution in [-0.4, -0.2) is 71.5 Å². The highest BCUT2D eigenvalue weighted by molar-refractivity contribution is 5.76. The second-order valence-electron chi connectivity index (χ2n) is 7.74. The number of piperazine rings is 1. The van der Waals surface area contributed by atoms with E-state index >= 15 is 0 Å². The average Bonchev–Trinajstić information content (AvgIpc) is 2.24. The lowest BCUT2D eigenvalue weighted by molar-refractivity contribution is -0.135. The molecule has 2 heterocycles. The summed E-state index contributed by atoms with van der Waals surface area (Å²) in [4.78, 5) is 19.2. The highest BCUT2D eigenvalue weighted by Crippen LogP contribution is 2.25.